The number of nitriles is 1. The summed E-state index contributed by atoms with van der Waals surface area (Å²) in [6, 6.07) is 10.2. The van der Waals surface area contributed by atoms with Crippen molar-refractivity contribution in [3.05, 3.63) is 24.3 Å². The maximum Gasteiger partial charge on any atom is 0.125 e. The molecule has 0 heterocycles. The predicted molar refractivity (Wildman–Crippen MR) is 72.6 cm³/mol. The quantitative estimate of drug-likeness (QED) is 0.880. The molecule has 0 saturated heterocycles. The summed E-state index contributed by atoms with van der Waals surface area (Å²) < 4.78 is 5.21. The number of anilines is 1. The minimum Gasteiger partial charge on any atom is -0.497 e. The molecule has 18 heavy (non-hydrogen) atoms. The van der Waals surface area contributed by atoms with Gasteiger partial charge in [0, 0.05) is 11.8 Å². The first-order chi connectivity index (χ1) is 8.68. The van der Waals surface area contributed by atoms with Crippen LogP contribution in [0, 0.1) is 17.2 Å². The number of ether oxygens (including phenoxy) is 1. The van der Waals surface area contributed by atoms with E-state index in [0.717, 1.165) is 24.3 Å². The molecular weight excluding hydrogens is 224 g/mol. The van der Waals surface area contributed by atoms with Crippen molar-refractivity contribution in [3.8, 4) is 11.8 Å². The normalized spacial score (nSPS) is 18.9. The van der Waals surface area contributed by atoms with Crippen molar-refractivity contribution in [2.75, 3.05) is 12.4 Å². The van der Waals surface area contributed by atoms with Gasteiger partial charge in [-0.05, 0) is 37.8 Å². The summed E-state index contributed by atoms with van der Waals surface area (Å²) in [6.07, 6.45) is 4.76. The largest absolute Gasteiger partial charge is 0.497 e. The lowest BCUT2D eigenvalue weighted by atomic mass is 9.85. The number of nitrogens with zero attached hydrogens (tertiary/aromatic N) is 1. The molecule has 96 valence electrons. The van der Waals surface area contributed by atoms with E-state index < -0.39 is 5.54 Å². The van der Waals surface area contributed by atoms with Crippen molar-refractivity contribution in [3.63, 3.8) is 0 Å². The Bertz CT molecular complexity index is 446. The van der Waals surface area contributed by atoms with Gasteiger partial charge in [0.25, 0.3) is 0 Å². The Labute approximate surface area is 109 Å². The first-order valence-corrected chi connectivity index (χ1v) is 6.51. The van der Waals surface area contributed by atoms with Crippen LogP contribution in [-0.2, 0) is 0 Å². The van der Waals surface area contributed by atoms with Crippen molar-refractivity contribution in [1.82, 2.24) is 0 Å². The fourth-order valence-electron chi connectivity index (χ4n) is 2.73. The molecule has 0 radical (unpaired) electrons. The van der Waals surface area contributed by atoms with E-state index >= 15 is 0 Å². The van der Waals surface area contributed by atoms with Crippen LogP contribution in [-0.4, -0.2) is 12.6 Å². The van der Waals surface area contributed by atoms with Crippen molar-refractivity contribution < 1.29 is 4.74 Å². The average molecular weight is 244 g/mol. The van der Waals surface area contributed by atoms with Crippen molar-refractivity contribution in [2.45, 2.75) is 38.1 Å². The van der Waals surface area contributed by atoms with Crippen LogP contribution in [0.15, 0.2) is 24.3 Å². The zero-order chi connectivity index (χ0) is 13.0. The van der Waals surface area contributed by atoms with Gasteiger partial charge in [0.15, 0.2) is 0 Å². The van der Waals surface area contributed by atoms with Gasteiger partial charge in [0.2, 0.25) is 0 Å². The van der Waals surface area contributed by atoms with Crippen molar-refractivity contribution in [1.29, 1.82) is 5.26 Å². The van der Waals surface area contributed by atoms with Crippen LogP contribution in [0.4, 0.5) is 5.69 Å². The van der Waals surface area contributed by atoms with E-state index in [1.54, 1.807) is 7.11 Å². The molecule has 1 N–H and O–H groups in total. The summed E-state index contributed by atoms with van der Waals surface area (Å²) in [4.78, 5) is 0. The topological polar surface area (TPSA) is 45.0 Å². The first-order valence-electron chi connectivity index (χ1n) is 6.51. The molecule has 2 rings (SSSR count). The van der Waals surface area contributed by atoms with Gasteiger partial charge in [-0.3, -0.25) is 0 Å². The van der Waals surface area contributed by atoms with E-state index in [4.69, 9.17) is 4.74 Å². The average Bonchev–Trinajstić information content (AvgIpc) is 2.93. The summed E-state index contributed by atoms with van der Waals surface area (Å²) in [5, 5.41) is 12.9. The second-order valence-corrected chi connectivity index (χ2v) is 5.15. The van der Waals surface area contributed by atoms with Gasteiger partial charge in [-0.25, -0.2) is 0 Å². The molecule has 1 fully saturated rings. The minimum atomic E-state index is -0.483. The van der Waals surface area contributed by atoms with E-state index in [1.807, 2.05) is 31.2 Å². The lowest BCUT2D eigenvalue weighted by Crippen LogP contribution is -2.40. The Kier molecular flexibility index (Phi) is 3.76. The molecule has 1 aliphatic rings. The van der Waals surface area contributed by atoms with Crippen LogP contribution in [0.2, 0.25) is 0 Å². The molecule has 0 spiro atoms. The van der Waals surface area contributed by atoms with Crippen LogP contribution < -0.4 is 10.1 Å². The zero-order valence-electron chi connectivity index (χ0n) is 11.1. The summed E-state index contributed by atoms with van der Waals surface area (Å²) in [7, 11) is 1.65. The Morgan fingerprint density at radius 1 is 1.39 bits per heavy atom. The van der Waals surface area contributed by atoms with E-state index in [9.17, 15) is 5.26 Å². The fraction of sp³-hybridized carbons (Fsp3) is 0.533. The highest BCUT2D eigenvalue weighted by Crippen LogP contribution is 2.36. The zero-order valence-corrected chi connectivity index (χ0v) is 11.1. The van der Waals surface area contributed by atoms with E-state index in [2.05, 4.69) is 11.4 Å². The highest BCUT2D eigenvalue weighted by Gasteiger charge is 2.36. The van der Waals surface area contributed by atoms with E-state index in [1.165, 1.54) is 12.8 Å². The first kappa shape index (κ1) is 12.8. The van der Waals surface area contributed by atoms with Crippen molar-refractivity contribution >= 4 is 5.69 Å². The van der Waals surface area contributed by atoms with Crippen LogP contribution in [0.1, 0.15) is 32.6 Å². The lowest BCUT2D eigenvalue weighted by molar-refractivity contribution is 0.402. The standard InChI is InChI=1S/C15H20N2O/c1-15(11-16,12-6-3-4-7-12)17-13-8-5-9-14(10-13)18-2/h5,8-10,12,17H,3-4,6-7H2,1-2H3. The predicted octanol–water partition coefficient (Wildman–Crippen LogP) is 3.58. The van der Waals surface area contributed by atoms with Gasteiger partial charge in [-0.1, -0.05) is 18.9 Å². The summed E-state index contributed by atoms with van der Waals surface area (Å²) in [5.74, 6) is 1.25. The number of hydrogen-bond donors (Lipinski definition) is 1. The van der Waals surface area contributed by atoms with Gasteiger partial charge >= 0.3 is 0 Å². The van der Waals surface area contributed by atoms with Crippen LogP contribution in [0.25, 0.3) is 0 Å². The molecule has 0 aliphatic heterocycles. The molecule has 1 unspecified atom stereocenters. The molecule has 1 atom stereocenters. The van der Waals surface area contributed by atoms with Gasteiger partial charge in [-0.2, -0.15) is 5.26 Å². The second kappa shape index (κ2) is 5.30. The SMILES string of the molecule is COc1cccc(NC(C)(C#N)C2CCCC2)c1. The molecule has 1 saturated carbocycles. The summed E-state index contributed by atoms with van der Waals surface area (Å²) in [6.45, 7) is 2.00. The number of benzene rings is 1. The lowest BCUT2D eigenvalue weighted by Gasteiger charge is -2.30. The van der Waals surface area contributed by atoms with Gasteiger partial charge in [0.05, 0.1) is 13.2 Å². The molecule has 1 aliphatic carbocycles. The number of rotatable bonds is 4. The summed E-state index contributed by atoms with van der Waals surface area (Å²) in [5.41, 5.74) is 0.466. The molecule has 3 heteroatoms. The van der Waals surface area contributed by atoms with Gasteiger partial charge in [0.1, 0.15) is 11.3 Å². The third-order valence-electron chi connectivity index (χ3n) is 3.88. The molecule has 0 aromatic heterocycles. The van der Waals surface area contributed by atoms with Gasteiger partial charge in [-0.15, -0.1) is 0 Å². The summed E-state index contributed by atoms with van der Waals surface area (Å²) >= 11 is 0. The van der Waals surface area contributed by atoms with Crippen LogP contribution in [0.3, 0.4) is 0 Å². The second-order valence-electron chi connectivity index (χ2n) is 5.15. The molecule has 0 bridgehead atoms. The van der Waals surface area contributed by atoms with Crippen LogP contribution in [0.5, 0.6) is 5.75 Å². The Hall–Kier alpha value is -1.69. The van der Waals surface area contributed by atoms with E-state index in [0.29, 0.717) is 5.92 Å². The highest BCUT2D eigenvalue weighted by atomic mass is 16.5. The number of hydrogen-bond acceptors (Lipinski definition) is 3. The Balaban J connectivity index is 2.16. The highest BCUT2D eigenvalue weighted by molar-refractivity contribution is 5.51. The minimum absolute atomic E-state index is 0.439. The van der Waals surface area contributed by atoms with Crippen molar-refractivity contribution in [2.24, 2.45) is 5.92 Å². The third-order valence-corrected chi connectivity index (χ3v) is 3.88. The maximum absolute atomic E-state index is 9.49. The maximum atomic E-state index is 9.49. The Morgan fingerprint density at radius 2 is 2.11 bits per heavy atom. The van der Waals surface area contributed by atoms with E-state index in [-0.39, 0.29) is 0 Å². The molecule has 3 nitrogen and oxygen atoms in total. The monoisotopic (exact) mass is 244 g/mol. The Morgan fingerprint density at radius 3 is 2.72 bits per heavy atom. The number of nitrogens with one attached hydrogen (secondary N) is 1. The molecule has 1 aromatic carbocycles. The molecule has 1 aromatic rings. The van der Waals surface area contributed by atoms with Crippen LogP contribution >= 0.6 is 0 Å². The number of methoxy groups -OCH3 is 1. The van der Waals surface area contributed by atoms with Gasteiger partial charge < -0.3 is 10.1 Å². The fourth-order valence-corrected chi connectivity index (χ4v) is 2.73. The molecular formula is C15H20N2O. The smallest absolute Gasteiger partial charge is 0.125 e. The molecule has 0 amide bonds. The third kappa shape index (κ3) is 2.59.